The summed E-state index contributed by atoms with van der Waals surface area (Å²) < 4.78 is 32.0. The largest absolute Gasteiger partial charge is 0.748 e. The van der Waals surface area contributed by atoms with E-state index in [1.807, 2.05) is 14.1 Å². The predicted molar refractivity (Wildman–Crippen MR) is 69.6 cm³/mol. The topological polar surface area (TPSA) is 97.7 Å². The molecule has 0 amide bonds. The van der Waals surface area contributed by atoms with Gasteiger partial charge in [0.25, 0.3) is 0 Å². The second kappa shape index (κ2) is 5.77. The number of hydrogen-bond acceptors (Lipinski definition) is 5. The molecule has 2 N–H and O–H groups in total. The summed E-state index contributed by atoms with van der Waals surface area (Å²) in [7, 11) is -0.460. The molecule has 0 aliphatic carbocycles. The van der Waals surface area contributed by atoms with E-state index in [-0.39, 0.29) is 23.7 Å². The molecule has 0 aliphatic heterocycles. The number of nitrogens with zero attached hydrogens (tertiary/aromatic N) is 1. The van der Waals surface area contributed by atoms with Crippen molar-refractivity contribution in [3.05, 3.63) is 23.8 Å². The molecule has 0 heterocycles. The van der Waals surface area contributed by atoms with Crippen molar-refractivity contribution in [2.75, 3.05) is 26.4 Å². The van der Waals surface area contributed by atoms with Crippen LogP contribution in [-0.2, 0) is 16.7 Å². The normalized spacial score (nSPS) is 12.6. The van der Waals surface area contributed by atoms with Gasteiger partial charge in [0.05, 0.1) is 36.3 Å². The number of aromatic hydroxyl groups is 2. The third kappa shape index (κ3) is 5.46. The Balaban J connectivity index is 2.66. The molecule has 0 bridgehead atoms. The first kappa shape index (κ1) is 15.7. The second-order valence-corrected chi connectivity index (χ2v) is 6.74. The zero-order valence-electron chi connectivity index (χ0n) is 11.0. The van der Waals surface area contributed by atoms with Crippen LogP contribution in [0.15, 0.2) is 18.2 Å². The smallest absolute Gasteiger partial charge is 0.166 e. The Morgan fingerprint density at radius 1 is 1.26 bits per heavy atom. The minimum atomic E-state index is -4.18. The SMILES string of the molecule is C[N+](C)(CCCS(=O)(=O)[O-])Cc1cccc(O)c1O. The van der Waals surface area contributed by atoms with E-state index in [0.717, 1.165) is 0 Å². The van der Waals surface area contributed by atoms with Crippen molar-refractivity contribution in [2.24, 2.45) is 0 Å². The Morgan fingerprint density at radius 2 is 1.89 bits per heavy atom. The highest BCUT2D eigenvalue weighted by atomic mass is 32.2. The molecule has 1 rings (SSSR count). The standard InChI is InChI=1S/C12H19NO5S/c1-13(2,7-4-8-19(16,17)18)9-10-5-3-6-11(14)12(10)15/h3,5-6H,4,7-9H2,1-2H3,(H2-,14,15,16,17,18). The van der Waals surface area contributed by atoms with Gasteiger partial charge in [-0.05, 0) is 12.1 Å². The van der Waals surface area contributed by atoms with Gasteiger partial charge in [0, 0.05) is 12.2 Å². The molecule has 0 radical (unpaired) electrons. The van der Waals surface area contributed by atoms with Crippen molar-refractivity contribution in [3.63, 3.8) is 0 Å². The molecule has 7 heteroatoms. The first-order chi connectivity index (χ1) is 8.61. The van der Waals surface area contributed by atoms with Gasteiger partial charge >= 0.3 is 0 Å². The van der Waals surface area contributed by atoms with E-state index in [0.29, 0.717) is 23.1 Å². The minimum absolute atomic E-state index is 0.162. The van der Waals surface area contributed by atoms with Gasteiger partial charge < -0.3 is 19.2 Å². The molecular formula is C12H19NO5S. The van der Waals surface area contributed by atoms with E-state index in [4.69, 9.17) is 0 Å². The van der Waals surface area contributed by atoms with E-state index in [1.54, 1.807) is 12.1 Å². The van der Waals surface area contributed by atoms with Crippen molar-refractivity contribution in [2.45, 2.75) is 13.0 Å². The number of phenolic OH excluding ortho intramolecular Hbond substituents is 2. The van der Waals surface area contributed by atoms with Crippen LogP contribution in [0.3, 0.4) is 0 Å². The molecule has 0 saturated carbocycles. The summed E-state index contributed by atoms with van der Waals surface area (Å²) in [5.41, 5.74) is 0.579. The lowest BCUT2D eigenvalue weighted by molar-refractivity contribution is -0.903. The van der Waals surface area contributed by atoms with E-state index in [9.17, 15) is 23.2 Å². The van der Waals surface area contributed by atoms with Crippen molar-refractivity contribution in [1.82, 2.24) is 0 Å². The lowest BCUT2D eigenvalue weighted by atomic mass is 10.1. The van der Waals surface area contributed by atoms with Crippen molar-refractivity contribution in [1.29, 1.82) is 0 Å². The second-order valence-electron chi connectivity index (χ2n) is 5.22. The van der Waals surface area contributed by atoms with Gasteiger partial charge in [-0.15, -0.1) is 0 Å². The Hall–Kier alpha value is -1.31. The van der Waals surface area contributed by atoms with Gasteiger partial charge in [-0.25, -0.2) is 8.42 Å². The fourth-order valence-electron chi connectivity index (χ4n) is 1.91. The van der Waals surface area contributed by atoms with E-state index in [1.165, 1.54) is 6.07 Å². The molecule has 108 valence electrons. The van der Waals surface area contributed by atoms with E-state index >= 15 is 0 Å². The summed E-state index contributed by atoms with van der Waals surface area (Å²) in [6, 6.07) is 4.72. The van der Waals surface area contributed by atoms with Crippen LogP contribution in [0.2, 0.25) is 0 Å². The number of benzene rings is 1. The van der Waals surface area contributed by atoms with Crippen molar-refractivity contribution in [3.8, 4) is 11.5 Å². The highest BCUT2D eigenvalue weighted by Crippen LogP contribution is 2.29. The quantitative estimate of drug-likeness (QED) is 0.454. The molecule has 0 spiro atoms. The van der Waals surface area contributed by atoms with Gasteiger partial charge in [-0.1, -0.05) is 6.07 Å². The average molecular weight is 289 g/mol. The highest BCUT2D eigenvalue weighted by Gasteiger charge is 2.19. The number of para-hydroxylation sites is 1. The van der Waals surface area contributed by atoms with Gasteiger partial charge in [0.1, 0.15) is 6.54 Å². The van der Waals surface area contributed by atoms with Crippen LogP contribution in [0, 0.1) is 0 Å². The molecule has 0 unspecified atom stereocenters. The predicted octanol–water partition coefficient (Wildman–Crippen LogP) is 0.609. The lowest BCUT2D eigenvalue weighted by Crippen LogP contribution is -2.40. The third-order valence-electron chi connectivity index (χ3n) is 2.85. The maximum atomic E-state index is 10.5. The van der Waals surface area contributed by atoms with Crippen LogP contribution in [0.1, 0.15) is 12.0 Å². The lowest BCUT2D eigenvalue weighted by Gasteiger charge is -2.30. The number of hydrogen-bond donors (Lipinski definition) is 2. The van der Waals surface area contributed by atoms with Crippen LogP contribution >= 0.6 is 0 Å². The van der Waals surface area contributed by atoms with Gasteiger partial charge in [0.15, 0.2) is 11.5 Å². The molecule has 0 aliphatic rings. The summed E-state index contributed by atoms with van der Waals surface area (Å²) in [5.74, 6) is -0.731. The van der Waals surface area contributed by atoms with Crippen LogP contribution in [0.25, 0.3) is 0 Å². The van der Waals surface area contributed by atoms with E-state index < -0.39 is 10.1 Å². The minimum Gasteiger partial charge on any atom is -0.748 e. The Bertz CT molecular complexity index is 539. The van der Waals surface area contributed by atoms with Crippen LogP contribution < -0.4 is 0 Å². The van der Waals surface area contributed by atoms with E-state index in [2.05, 4.69) is 0 Å². The van der Waals surface area contributed by atoms with Crippen molar-refractivity contribution >= 4 is 10.1 Å². The zero-order chi connectivity index (χ0) is 14.7. The Labute approximate surface area is 113 Å². The molecule has 1 aromatic carbocycles. The molecule has 0 fully saturated rings. The summed E-state index contributed by atoms with van der Waals surface area (Å²) in [6.07, 6.45) is 0.262. The first-order valence-corrected chi connectivity index (χ1v) is 7.44. The molecule has 0 atom stereocenters. The summed E-state index contributed by atoms with van der Waals surface area (Å²) in [5, 5.41) is 19.1. The Morgan fingerprint density at radius 3 is 2.47 bits per heavy atom. The van der Waals surface area contributed by atoms with Crippen LogP contribution in [-0.4, -0.2) is 54.1 Å². The van der Waals surface area contributed by atoms with Gasteiger partial charge in [-0.2, -0.15) is 0 Å². The fraction of sp³-hybridized carbons (Fsp3) is 0.500. The molecule has 6 nitrogen and oxygen atoms in total. The average Bonchev–Trinajstić information content (AvgIpc) is 2.22. The number of quaternary nitrogens is 1. The molecule has 1 aromatic rings. The summed E-state index contributed by atoms with van der Waals surface area (Å²) in [6.45, 7) is 0.912. The first-order valence-electron chi connectivity index (χ1n) is 5.86. The third-order valence-corrected chi connectivity index (χ3v) is 3.64. The Kier molecular flexibility index (Phi) is 4.78. The fourth-order valence-corrected chi connectivity index (χ4v) is 2.40. The van der Waals surface area contributed by atoms with Crippen LogP contribution in [0.5, 0.6) is 11.5 Å². The maximum Gasteiger partial charge on any atom is 0.166 e. The van der Waals surface area contributed by atoms with Gasteiger partial charge in [-0.3, -0.25) is 0 Å². The highest BCUT2D eigenvalue weighted by molar-refractivity contribution is 7.85. The molecule has 19 heavy (non-hydrogen) atoms. The number of phenols is 2. The number of rotatable bonds is 6. The van der Waals surface area contributed by atoms with Crippen LogP contribution in [0.4, 0.5) is 0 Å². The monoisotopic (exact) mass is 289 g/mol. The summed E-state index contributed by atoms with van der Waals surface area (Å²) >= 11 is 0. The molecule has 0 saturated heterocycles. The zero-order valence-corrected chi connectivity index (χ0v) is 11.9. The molecular weight excluding hydrogens is 270 g/mol. The van der Waals surface area contributed by atoms with Crippen molar-refractivity contribution < 1.29 is 27.7 Å². The molecule has 0 aromatic heterocycles. The summed E-state index contributed by atoms with van der Waals surface area (Å²) in [4.78, 5) is 0. The maximum absolute atomic E-state index is 10.5. The van der Waals surface area contributed by atoms with Gasteiger partial charge in [0.2, 0.25) is 0 Å².